The lowest BCUT2D eigenvalue weighted by atomic mass is 10.1. The molecule has 0 aliphatic heterocycles. The lowest BCUT2D eigenvalue weighted by molar-refractivity contribution is -0.116. The number of aryl methyl sites for hydroxylation is 2. The van der Waals surface area contributed by atoms with Gasteiger partial charge in [-0.05, 0) is 19.4 Å². The van der Waals surface area contributed by atoms with Crippen LogP contribution in [-0.4, -0.2) is 22.2 Å². The highest BCUT2D eigenvalue weighted by Crippen LogP contribution is 2.09. The van der Waals surface area contributed by atoms with Crippen LogP contribution in [0.25, 0.3) is 0 Å². The van der Waals surface area contributed by atoms with Crippen LogP contribution in [0.1, 0.15) is 19.0 Å². The zero-order valence-corrected chi connectivity index (χ0v) is 9.45. The molecule has 0 saturated heterocycles. The minimum atomic E-state index is -0.0176. The van der Waals surface area contributed by atoms with Crippen LogP contribution in [0.4, 0.5) is 5.82 Å². The molecule has 1 atom stereocenters. The molecule has 1 unspecified atom stereocenters. The lowest BCUT2D eigenvalue weighted by Gasteiger charge is -2.08. The highest BCUT2D eigenvalue weighted by molar-refractivity contribution is 5.90. The first-order valence-corrected chi connectivity index (χ1v) is 5.03. The Balaban J connectivity index is 2.55. The molecule has 5 heteroatoms. The van der Waals surface area contributed by atoms with Gasteiger partial charge in [-0.15, -0.1) is 0 Å². The van der Waals surface area contributed by atoms with E-state index in [4.69, 9.17) is 5.73 Å². The van der Waals surface area contributed by atoms with Crippen LogP contribution in [0.2, 0.25) is 0 Å². The summed E-state index contributed by atoms with van der Waals surface area (Å²) in [6.45, 7) is 4.37. The fourth-order valence-electron chi connectivity index (χ4n) is 1.32. The minimum Gasteiger partial charge on any atom is -0.330 e. The van der Waals surface area contributed by atoms with Crippen LogP contribution in [0.5, 0.6) is 0 Å². The predicted molar refractivity (Wildman–Crippen MR) is 59.4 cm³/mol. The molecular formula is C10H18N4O. The molecule has 5 nitrogen and oxygen atoms in total. The summed E-state index contributed by atoms with van der Waals surface area (Å²) in [6, 6.07) is 1.84. The van der Waals surface area contributed by atoms with E-state index in [1.54, 1.807) is 11.7 Å². The fraction of sp³-hybridized carbons (Fsp3) is 0.600. The maximum atomic E-state index is 11.5. The van der Waals surface area contributed by atoms with Gasteiger partial charge in [-0.2, -0.15) is 5.10 Å². The number of carbonyl (C=O) groups is 1. The van der Waals surface area contributed by atoms with Crippen LogP contribution in [-0.2, 0) is 11.8 Å². The molecule has 0 bridgehead atoms. The SMILES string of the molecule is Cc1cc(NC(=O)CC(C)CN)n(C)n1. The third-order valence-electron chi connectivity index (χ3n) is 2.21. The van der Waals surface area contributed by atoms with Gasteiger partial charge < -0.3 is 11.1 Å². The number of nitrogens with one attached hydrogen (secondary N) is 1. The van der Waals surface area contributed by atoms with Crippen LogP contribution in [0, 0.1) is 12.8 Å². The topological polar surface area (TPSA) is 72.9 Å². The van der Waals surface area contributed by atoms with Crippen molar-refractivity contribution in [1.29, 1.82) is 0 Å². The zero-order chi connectivity index (χ0) is 11.4. The summed E-state index contributed by atoms with van der Waals surface area (Å²) in [7, 11) is 1.80. The van der Waals surface area contributed by atoms with Crippen molar-refractivity contribution < 1.29 is 4.79 Å². The lowest BCUT2D eigenvalue weighted by Crippen LogP contribution is -2.21. The molecule has 3 N–H and O–H groups in total. The van der Waals surface area contributed by atoms with Gasteiger partial charge in [0, 0.05) is 19.5 Å². The Bertz CT molecular complexity index is 345. The van der Waals surface area contributed by atoms with Gasteiger partial charge in [-0.3, -0.25) is 9.48 Å². The summed E-state index contributed by atoms with van der Waals surface area (Å²) in [5.41, 5.74) is 6.34. The quantitative estimate of drug-likeness (QED) is 0.766. The van der Waals surface area contributed by atoms with Crippen LogP contribution < -0.4 is 11.1 Å². The van der Waals surface area contributed by atoms with Crippen molar-refractivity contribution in [3.63, 3.8) is 0 Å². The van der Waals surface area contributed by atoms with Gasteiger partial charge in [0.1, 0.15) is 5.82 Å². The molecule has 1 rings (SSSR count). The molecule has 0 radical (unpaired) electrons. The number of hydrogen-bond donors (Lipinski definition) is 2. The van der Waals surface area contributed by atoms with E-state index in [-0.39, 0.29) is 11.8 Å². The molecule has 84 valence electrons. The number of amides is 1. The molecule has 0 aromatic carbocycles. The Morgan fingerprint density at radius 2 is 2.40 bits per heavy atom. The van der Waals surface area contributed by atoms with E-state index >= 15 is 0 Å². The van der Waals surface area contributed by atoms with Gasteiger partial charge in [0.15, 0.2) is 0 Å². The number of aromatic nitrogens is 2. The Kier molecular flexibility index (Phi) is 3.85. The summed E-state index contributed by atoms with van der Waals surface area (Å²) in [4.78, 5) is 11.5. The van der Waals surface area contributed by atoms with E-state index in [1.807, 2.05) is 19.9 Å². The first-order valence-electron chi connectivity index (χ1n) is 5.03. The number of nitrogens with two attached hydrogens (primary N) is 1. The predicted octanol–water partition coefficient (Wildman–Crippen LogP) is 0.652. The van der Waals surface area contributed by atoms with E-state index in [0.29, 0.717) is 13.0 Å². The number of carbonyl (C=O) groups excluding carboxylic acids is 1. The molecule has 1 heterocycles. The Morgan fingerprint density at radius 3 is 2.87 bits per heavy atom. The van der Waals surface area contributed by atoms with E-state index in [1.165, 1.54) is 0 Å². The van der Waals surface area contributed by atoms with Crippen LogP contribution >= 0.6 is 0 Å². The Morgan fingerprint density at radius 1 is 1.73 bits per heavy atom. The molecule has 1 amide bonds. The number of rotatable bonds is 4. The normalized spacial score (nSPS) is 12.5. The van der Waals surface area contributed by atoms with Crippen LogP contribution in [0.15, 0.2) is 6.07 Å². The van der Waals surface area contributed by atoms with Gasteiger partial charge in [0.05, 0.1) is 5.69 Å². The first-order chi connectivity index (χ1) is 7.02. The average molecular weight is 210 g/mol. The summed E-state index contributed by atoms with van der Waals surface area (Å²) in [5, 5.41) is 6.94. The van der Waals surface area contributed by atoms with Gasteiger partial charge in [0.25, 0.3) is 0 Å². The van der Waals surface area contributed by atoms with Gasteiger partial charge in [-0.1, -0.05) is 6.92 Å². The van der Waals surface area contributed by atoms with E-state index in [2.05, 4.69) is 10.4 Å². The molecule has 0 saturated carbocycles. The van der Waals surface area contributed by atoms with Crippen molar-refractivity contribution in [2.75, 3.05) is 11.9 Å². The van der Waals surface area contributed by atoms with Crippen molar-refractivity contribution in [1.82, 2.24) is 9.78 Å². The molecule has 0 fully saturated rings. The Hall–Kier alpha value is -1.36. The van der Waals surface area contributed by atoms with Gasteiger partial charge in [-0.25, -0.2) is 0 Å². The number of nitrogens with zero attached hydrogens (tertiary/aromatic N) is 2. The minimum absolute atomic E-state index is 0.0176. The van der Waals surface area contributed by atoms with Crippen molar-refractivity contribution in [3.8, 4) is 0 Å². The van der Waals surface area contributed by atoms with Crippen LogP contribution in [0.3, 0.4) is 0 Å². The van der Waals surface area contributed by atoms with E-state index in [0.717, 1.165) is 11.5 Å². The zero-order valence-electron chi connectivity index (χ0n) is 9.45. The molecule has 1 aromatic rings. The summed E-state index contributed by atoms with van der Waals surface area (Å²) >= 11 is 0. The second-order valence-electron chi connectivity index (χ2n) is 3.89. The van der Waals surface area contributed by atoms with E-state index < -0.39 is 0 Å². The standard InChI is InChI=1S/C10H18N4O/c1-7(6-11)4-10(15)12-9-5-8(2)13-14(9)3/h5,7H,4,6,11H2,1-3H3,(H,12,15). The van der Waals surface area contributed by atoms with Gasteiger partial charge >= 0.3 is 0 Å². The maximum absolute atomic E-state index is 11.5. The summed E-state index contributed by atoms with van der Waals surface area (Å²) in [5.74, 6) is 0.914. The highest BCUT2D eigenvalue weighted by atomic mass is 16.1. The second kappa shape index (κ2) is 4.93. The third-order valence-corrected chi connectivity index (χ3v) is 2.21. The highest BCUT2D eigenvalue weighted by Gasteiger charge is 2.10. The molecule has 1 aromatic heterocycles. The van der Waals surface area contributed by atoms with E-state index in [9.17, 15) is 4.79 Å². The monoisotopic (exact) mass is 210 g/mol. The molecule has 0 spiro atoms. The fourth-order valence-corrected chi connectivity index (χ4v) is 1.32. The van der Waals surface area contributed by atoms with Crippen molar-refractivity contribution in [2.45, 2.75) is 20.3 Å². The molecule has 0 aliphatic rings. The average Bonchev–Trinajstić information content (AvgIpc) is 2.44. The van der Waals surface area contributed by atoms with Crippen molar-refractivity contribution in [2.24, 2.45) is 18.7 Å². The van der Waals surface area contributed by atoms with Gasteiger partial charge in [0.2, 0.25) is 5.91 Å². The third kappa shape index (κ3) is 3.36. The molecule has 15 heavy (non-hydrogen) atoms. The Labute approximate surface area is 89.6 Å². The first kappa shape index (κ1) is 11.7. The second-order valence-corrected chi connectivity index (χ2v) is 3.89. The summed E-state index contributed by atoms with van der Waals surface area (Å²) < 4.78 is 1.65. The smallest absolute Gasteiger partial charge is 0.225 e. The molecular weight excluding hydrogens is 192 g/mol. The van der Waals surface area contributed by atoms with Crippen molar-refractivity contribution in [3.05, 3.63) is 11.8 Å². The number of anilines is 1. The number of hydrogen-bond acceptors (Lipinski definition) is 3. The molecule has 0 aliphatic carbocycles. The largest absolute Gasteiger partial charge is 0.330 e. The maximum Gasteiger partial charge on any atom is 0.225 e. The summed E-state index contributed by atoms with van der Waals surface area (Å²) in [6.07, 6.45) is 0.445. The van der Waals surface area contributed by atoms with Crippen molar-refractivity contribution >= 4 is 11.7 Å².